The van der Waals surface area contributed by atoms with E-state index in [2.05, 4.69) is 11.8 Å². The molecule has 0 aromatic heterocycles. The maximum Gasteiger partial charge on any atom is 0.303 e. The van der Waals surface area contributed by atoms with Crippen molar-refractivity contribution in [3.63, 3.8) is 0 Å². The molecule has 1 saturated heterocycles. The largest absolute Gasteiger partial charge is 0.481 e. The fourth-order valence-electron chi connectivity index (χ4n) is 3.40. The molecule has 0 amide bonds. The molecule has 2 aliphatic rings. The molecule has 3 atom stereocenters. The highest BCUT2D eigenvalue weighted by molar-refractivity contribution is 5.66. The third-order valence-electron chi connectivity index (χ3n) is 4.37. The topological polar surface area (TPSA) is 40.5 Å². The zero-order valence-electron chi connectivity index (χ0n) is 10.2. The molecule has 1 heterocycles. The van der Waals surface area contributed by atoms with Gasteiger partial charge in [0.15, 0.2) is 0 Å². The Morgan fingerprint density at radius 3 is 2.81 bits per heavy atom. The van der Waals surface area contributed by atoms with Gasteiger partial charge in [-0.1, -0.05) is 13.3 Å². The van der Waals surface area contributed by atoms with Crippen LogP contribution in [0.5, 0.6) is 0 Å². The predicted molar refractivity (Wildman–Crippen MR) is 63.4 cm³/mol. The van der Waals surface area contributed by atoms with E-state index in [1.807, 2.05) is 0 Å². The molecule has 1 N–H and O–H groups in total. The molecule has 0 bridgehead atoms. The van der Waals surface area contributed by atoms with Crippen LogP contribution < -0.4 is 0 Å². The molecule has 1 aliphatic heterocycles. The first-order valence-corrected chi connectivity index (χ1v) is 6.62. The molecule has 3 nitrogen and oxygen atoms in total. The van der Waals surface area contributed by atoms with Crippen LogP contribution in [0, 0.1) is 11.8 Å². The summed E-state index contributed by atoms with van der Waals surface area (Å²) in [6.45, 7) is 4.70. The summed E-state index contributed by atoms with van der Waals surface area (Å²) in [6.07, 6.45) is 6.53. The quantitative estimate of drug-likeness (QED) is 0.798. The minimum atomic E-state index is -0.646. The molecule has 2 rings (SSSR count). The summed E-state index contributed by atoms with van der Waals surface area (Å²) in [5.41, 5.74) is 0. The van der Waals surface area contributed by atoms with E-state index in [1.165, 1.54) is 32.2 Å². The third kappa shape index (κ3) is 2.76. The second-order valence-corrected chi connectivity index (χ2v) is 5.56. The first-order valence-electron chi connectivity index (χ1n) is 6.62. The van der Waals surface area contributed by atoms with E-state index in [0.717, 1.165) is 24.9 Å². The molecule has 92 valence electrons. The smallest absolute Gasteiger partial charge is 0.303 e. The van der Waals surface area contributed by atoms with Gasteiger partial charge in [0.1, 0.15) is 0 Å². The zero-order valence-corrected chi connectivity index (χ0v) is 10.2. The van der Waals surface area contributed by atoms with E-state index in [-0.39, 0.29) is 0 Å². The Morgan fingerprint density at radius 2 is 2.19 bits per heavy atom. The van der Waals surface area contributed by atoms with E-state index >= 15 is 0 Å². The molecule has 3 heteroatoms. The van der Waals surface area contributed by atoms with Crippen molar-refractivity contribution in [2.45, 2.75) is 51.5 Å². The van der Waals surface area contributed by atoms with Gasteiger partial charge >= 0.3 is 5.97 Å². The maximum absolute atomic E-state index is 10.5. The number of likely N-dealkylation sites (tertiary alicyclic amines) is 1. The van der Waals surface area contributed by atoms with Gasteiger partial charge in [-0.25, -0.2) is 0 Å². The Bertz CT molecular complexity index is 254. The molecule has 1 aliphatic carbocycles. The van der Waals surface area contributed by atoms with Crippen LogP contribution in [0.15, 0.2) is 0 Å². The van der Waals surface area contributed by atoms with Crippen molar-refractivity contribution in [1.82, 2.24) is 4.90 Å². The van der Waals surface area contributed by atoms with Crippen LogP contribution in [-0.2, 0) is 4.79 Å². The number of rotatable bonds is 4. The van der Waals surface area contributed by atoms with Crippen molar-refractivity contribution in [3.05, 3.63) is 0 Å². The van der Waals surface area contributed by atoms with Crippen molar-refractivity contribution in [2.75, 3.05) is 13.1 Å². The lowest BCUT2D eigenvalue weighted by atomic mass is 10.0. The average Bonchev–Trinajstić information content (AvgIpc) is 2.83. The SMILES string of the molecule is CC1CCCC1N1CCC(CCC(=O)O)C1. The monoisotopic (exact) mass is 225 g/mol. The molecule has 2 fully saturated rings. The number of hydrogen-bond donors (Lipinski definition) is 1. The Balaban J connectivity index is 1.76. The van der Waals surface area contributed by atoms with Crippen LogP contribution in [0.4, 0.5) is 0 Å². The van der Waals surface area contributed by atoms with E-state index in [0.29, 0.717) is 12.3 Å². The second kappa shape index (κ2) is 5.17. The average molecular weight is 225 g/mol. The Kier molecular flexibility index (Phi) is 3.85. The molecule has 0 radical (unpaired) electrons. The summed E-state index contributed by atoms with van der Waals surface area (Å²) in [6, 6.07) is 0.787. The number of carboxylic acids is 1. The van der Waals surface area contributed by atoms with Gasteiger partial charge in [-0.15, -0.1) is 0 Å². The minimum absolute atomic E-state index is 0.346. The number of carboxylic acid groups (broad SMARTS) is 1. The van der Waals surface area contributed by atoms with Gasteiger partial charge in [-0.05, 0) is 44.1 Å². The molecule has 0 spiro atoms. The summed E-state index contributed by atoms with van der Waals surface area (Å²) in [7, 11) is 0. The lowest BCUT2D eigenvalue weighted by molar-refractivity contribution is -0.137. The van der Waals surface area contributed by atoms with Crippen LogP contribution in [-0.4, -0.2) is 35.1 Å². The molecule has 3 unspecified atom stereocenters. The minimum Gasteiger partial charge on any atom is -0.481 e. The highest BCUT2D eigenvalue weighted by atomic mass is 16.4. The van der Waals surface area contributed by atoms with Gasteiger partial charge in [0, 0.05) is 19.0 Å². The van der Waals surface area contributed by atoms with Gasteiger partial charge in [-0.2, -0.15) is 0 Å². The molecule has 1 saturated carbocycles. The van der Waals surface area contributed by atoms with Crippen LogP contribution in [0.3, 0.4) is 0 Å². The summed E-state index contributed by atoms with van der Waals surface area (Å²) in [5, 5.41) is 8.68. The van der Waals surface area contributed by atoms with Crippen LogP contribution in [0.1, 0.15) is 45.4 Å². The van der Waals surface area contributed by atoms with Gasteiger partial charge in [-0.3, -0.25) is 9.69 Å². The molecule has 16 heavy (non-hydrogen) atoms. The highest BCUT2D eigenvalue weighted by Crippen LogP contribution is 2.33. The van der Waals surface area contributed by atoms with Crippen molar-refractivity contribution >= 4 is 5.97 Å². The summed E-state index contributed by atoms with van der Waals surface area (Å²) in [5.74, 6) is 0.829. The fourth-order valence-corrected chi connectivity index (χ4v) is 3.40. The van der Waals surface area contributed by atoms with Crippen LogP contribution >= 0.6 is 0 Å². The first kappa shape index (κ1) is 11.9. The van der Waals surface area contributed by atoms with E-state index < -0.39 is 5.97 Å². The standard InChI is InChI=1S/C13H23NO2/c1-10-3-2-4-12(10)14-8-7-11(9-14)5-6-13(15)16/h10-12H,2-9H2,1H3,(H,15,16). The van der Waals surface area contributed by atoms with Crippen molar-refractivity contribution in [3.8, 4) is 0 Å². The maximum atomic E-state index is 10.5. The molecule has 0 aromatic carbocycles. The first-order chi connectivity index (χ1) is 7.66. The number of hydrogen-bond acceptors (Lipinski definition) is 2. The van der Waals surface area contributed by atoms with Gasteiger partial charge in [0.25, 0.3) is 0 Å². The molecular weight excluding hydrogens is 202 g/mol. The zero-order chi connectivity index (χ0) is 11.5. The Hall–Kier alpha value is -0.570. The van der Waals surface area contributed by atoms with Crippen molar-refractivity contribution in [1.29, 1.82) is 0 Å². The number of carbonyl (C=O) groups is 1. The summed E-state index contributed by atoms with van der Waals surface area (Å²) in [4.78, 5) is 13.1. The van der Waals surface area contributed by atoms with Crippen molar-refractivity contribution < 1.29 is 9.90 Å². The number of aliphatic carboxylic acids is 1. The predicted octanol–water partition coefficient (Wildman–Crippen LogP) is 2.36. The van der Waals surface area contributed by atoms with Crippen LogP contribution in [0.25, 0.3) is 0 Å². The Labute approximate surface area is 97.8 Å². The van der Waals surface area contributed by atoms with Crippen LogP contribution in [0.2, 0.25) is 0 Å². The third-order valence-corrected chi connectivity index (χ3v) is 4.37. The van der Waals surface area contributed by atoms with Gasteiger partial charge in [0.2, 0.25) is 0 Å². The van der Waals surface area contributed by atoms with Gasteiger partial charge in [0.05, 0.1) is 0 Å². The highest BCUT2D eigenvalue weighted by Gasteiger charge is 2.33. The van der Waals surface area contributed by atoms with Gasteiger partial charge < -0.3 is 5.11 Å². The van der Waals surface area contributed by atoms with E-state index in [9.17, 15) is 4.79 Å². The lowest BCUT2D eigenvalue weighted by Gasteiger charge is -2.27. The fraction of sp³-hybridized carbons (Fsp3) is 0.923. The molecular formula is C13H23NO2. The summed E-state index contributed by atoms with van der Waals surface area (Å²) >= 11 is 0. The second-order valence-electron chi connectivity index (χ2n) is 5.56. The van der Waals surface area contributed by atoms with E-state index in [4.69, 9.17) is 5.11 Å². The lowest BCUT2D eigenvalue weighted by Crippen LogP contribution is -2.35. The molecule has 0 aromatic rings. The Morgan fingerprint density at radius 1 is 1.38 bits per heavy atom. The summed E-state index contributed by atoms with van der Waals surface area (Å²) < 4.78 is 0. The normalized spacial score (nSPS) is 35.7. The van der Waals surface area contributed by atoms with Crippen molar-refractivity contribution in [2.24, 2.45) is 11.8 Å². The number of nitrogens with zero attached hydrogens (tertiary/aromatic N) is 1. The van der Waals surface area contributed by atoms with E-state index in [1.54, 1.807) is 0 Å².